The second-order valence-electron chi connectivity index (χ2n) is 5.20. The number of aryl methyl sites for hydroxylation is 1. The van der Waals surface area contributed by atoms with Gasteiger partial charge in [0.25, 0.3) is 0 Å². The van der Waals surface area contributed by atoms with Crippen LogP contribution in [-0.2, 0) is 14.8 Å². The van der Waals surface area contributed by atoms with Crippen LogP contribution in [0.5, 0.6) is 5.75 Å². The summed E-state index contributed by atoms with van der Waals surface area (Å²) in [6.07, 6.45) is 0.849. The Morgan fingerprint density at radius 3 is 2.50 bits per heavy atom. The molecule has 1 fully saturated rings. The molecule has 7 heteroatoms. The molecule has 0 saturated heterocycles. The fourth-order valence-corrected chi connectivity index (χ4v) is 2.97. The minimum Gasteiger partial charge on any atom is -0.493 e. The SMILES string of the molecule is COc1c(NC(=O)C2CC2C)cc(C)cc1S(N)(=O)=O. The van der Waals surface area contributed by atoms with Gasteiger partial charge in [-0.1, -0.05) is 6.92 Å². The number of hydrogen-bond donors (Lipinski definition) is 2. The first-order valence-electron chi connectivity index (χ1n) is 6.26. The molecule has 1 saturated carbocycles. The number of primary sulfonamides is 1. The van der Waals surface area contributed by atoms with Crippen LogP contribution in [-0.4, -0.2) is 21.4 Å². The van der Waals surface area contributed by atoms with E-state index in [0.717, 1.165) is 6.42 Å². The molecule has 0 spiro atoms. The Morgan fingerprint density at radius 2 is 2.05 bits per heavy atom. The fourth-order valence-electron chi connectivity index (χ4n) is 2.17. The van der Waals surface area contributed by atoms with E-state index >= 15 is 0 Å². The highest BCUT2D eigenvalue weighted by Crippen LogP contribution is 2.40. The molecule has 1 aliphatic carbocycles. The summed E-state index contributed by atoms with van der Waals surface area (Å²) in [5.74, 6) is 0.295. The van der Waals surface area contributed by atoms with Gasteiger partial charge in [-0.3, -0.25) is 4.79 Å². The van der Waals surface area contributed by atoms with Gasteiger partial charge in [0.2, 0.25) is 15.9 Å². The number of amides is 1. The van der Waals surface area contributed by atoms with E-state index < -0.39 is 10.0 Å². The summed E-state index contributed by atoms with van der Waals surface area (Å²) in [4.78, 5) is 11.9. The highest BCUT2D eigenvalue weighted by molar-refractivity contribution is 7.89. The van der Waals surface area contributed by atoms with Crippen LogP contribution in [0.1, 0.15) is 18.9 Å². The van der Waals surface area contributed by atoms with E-state index in [1.54, 1.807) is 13.0 Å². The number of benzene rings is 1. The van der Waals surface area contributed by atoms with Gasteiger partial charge in [-0.15, -0.1) is 0 Å². The summed E-state index contributed by atoms with van der Waals surface area (Å²) >= 11 is 0. The van der Waals surface area contributed by atoms with Crippen molar-refractivity contribution in [1.29, 1.82) is 0 Å². The Bertz CT molecular complexity index is 655. The zero-order chi connectivity index (χ0) is 15.1. The number of sulfonamides is 1. The van der Waals surface area contributed by atoms with Crippen LogP contribution in [0.25, 0.3) is 0 Å². The van der Waals surface area contributed by atoms with Crippen molar-refractivity contribution >= 4 is 21.6 Å². The lowest BCUT2D eigenvalue weighted by Gasteiger charge is -2.14. The van der Waals surface area contributed by atoms with Gasteiger partial charge in [0.1, 0.15) is 4.90 Å². The first-order chi connectivity index (χ1) is 9.24. The number of nitrogens with two attached hydrogens (primary N) is 1. The molecule has 2 rings (SSSR count). The van der Waals surface area contributed by atoms with Crippen molar-refractivity contribution in [1.82, 2.24) is 0 Å². The molecule has 0 radical (unpaired) electrons. The number of rotatable bonds is 4. The standard InChI is InChI=1S/C13H18N2O4S/c1-7-4-10(15-13(16)9-6-8(9)2)12(19-3)11(5-7)20(14,17)18/h4-5,8-9H,6H2,1-3H3,(H,15,16)(H2,14,17,18). The number of ether oxygens (including phenoxy) is 1. The summed E-state index contributed by atoms with van der Waals surface area (Å²) in [7, 11) is -2.58. The number of methoxy groups -OCH3 is 1. The summed E-state index contributed by atoms with van der Waals surface area (Å²) in [5, 5.41) is 7.90. The van der Waals surface area contributed by atoms with Gasteiger partial charge in [-0.05, 0) is 37.0 Å². The third-order valence-electron chi connectivity index (χ3n) is 3.41. The molecular weight excluding hydrogens is 280 g/mol. The third-order valence-corrected chi connectivity index (χ3v) is 4.33. The third kappa shape index (κ3) is 2.94. The van der Waals surface area contributed by atoms with Crippen LogP contribution < -0.4 is 15.2 Å². The zero-order valence-corrected chi connectivity index (χ0v) is 12.5. The molecule has 1 amide bonds. The molecule has 1 aliphatic rings. The Balaban J connectivity index is 2.42. The Morgan fingerprint density at radius 1 is 1.45 bits per heavy atom. The minimum absolute atomic E-state index is 0.0156. The van der Waals surface area contributed by atoms with E-state index in [9.17, 15) is 13.2 Å². The van der Waals surface area contributed by atoms with Gasteiger partial charge in [0.15, 0.2) is 5.75 Å². The lowest BCUT2D eigenvalue weighted by atomic mass is 10.2. The largest absolute Gasteiger partial charge is 0.493 e. The van der Waals surface area contributed by atoms with Crippen LogP contribution in [0.3, 0.4) is 0 Å². The monoisotopic (exact) mass is 298 g/mol. The van der Waals surface area contributed by atoms with E-state index in [4.69, 9.17) is 9.88 Å². The van der Waals surface area contributed by atoms with Crippen molar-refractivity contribution in [3.63, 3.8) is 0 Å². The topological polar surface area (TPSA) is 98.5 Å². The number of carbonyl (C=O) groups excluding carboxylic acids is 1. The van der Waals surface area contributed by atoms with Crippen LogP contribution >= 0.6 is 0 Å². The molecule has 110 valence electrons. The number of anilines is 1. The maximum atomic E-state index is 12.0. The molecular formula is C13H18N2O4S. The molecule has 0 aromatic heterocycles. The molecule has 0 heterocycles. The van der Waals surface area contributed by atoms with Crippen LogP contribution in [0.4, 0.5) is 5.69 Å². The molecule has 1 aromatic carbocycles. The van der Waals surface area contributed by atoms with Gasteiger partial charge in [-0.25, -0.2) is 13.6 Å². The first kappa shape index (κ1) is 14.8. The van der Waals surface area contributed by atoms with E-state index in [0.29, 0.717) is 17.2 Å². The molecule has 20 heavy (non-hydrogen) atoms. The predicted molar refractivity (Wildman–Crippen MR) is 75.0 cm³/mol. The Hall–Kier alpha value is -1.60. The Kier molecular flexibility index (Phi) is 3.75. The highest BCUT2D eigenvalue weighted by Gasteiger charge is 2.39. The lowest BCUT2D eigenvalue weighted by molar-refractivity contribution is -0.117. The second-order valence-corrected chi connectivity index (χ2v) is 6.73. The zero-order valence-electron chi connectivity index (χ0n) is 11.6. The van der Waals surface area contributed by atoms with Crippen molar-refractivity contribution < 1.29 is 17.9 Å². The van der Waals surface area contributed by atoms with Gasteiger partial charge >= 0.3 is 0 Å². The van der Waals surface area contributed by atoms with Crippen molar-refractivity contribution in [3.8, 4) is 5.75 Å². The van der Waals surface area contributed by atoms with Gasteiger partial charge in [-0.2, -0.15) is 0 Å². The van der Waals surface area contributed by atoms with Crippen LogP contribution in [0.15, 0.2) is 17.0 Å². The van der Waals surface area contributed by atoms with Crippen molar-refractivity contribution in [2.75, 3.05) is 12.4 Å². The van der Waals surface area contributed by atoms with Gasteiger partial charge in [0.05, 0.1) is 12.8 Å². The summed E-state index contributed by atoms with van der Waals surface area (Å²) < 4.78 is 28.3. The van der Waals surface area contributed by atoms with Crippen molar-refractivity contribution in [3.05, 3.63) is 17.7 Å². The van der Waals surface area contributed by atoms with Crippen LogP contribution in [0, 0.1) is 18.8 Å². The number of hydrogen-bond acceptors (Lipinski definition) is 4. The van der Waals surface area contributed by atoms with Gasteiger partial charge in [0, 0.05) is 5.92 Å². The molecule has 0 bridgehead atoms. The normalized spacial score (nSPS) is 21.4. The van der Waals surface area contributed by atoms with Crippen molar-refractivity contribution in [2.45, 2.75) is 25.2 Å². The fraction of sp³-hybridized carbons (Fsp3) is 0.462. The highest BCUT2D eigenvalue weighted by atomic mass is 32.2. The smallest absolute Gasteiger partial charge is 0.241 e. The molecule has 6 nitrogen and oxygen atoms in total. The quantitative estimate of drug-likeness (QED) is 0.873. The summed E-state index contributed by atoms with van der Waals surface area (Å²) in [6, 6.07) is 3.09. The first-order valence-corrected chi connectivity index (χ1v) is 7.81. The molecule has 2 unspecified atom stereocenters. The number of carbonyl (C=O) groups is 1. The van der Waals surface area contributed by atoms with E-state index in [-0.39, 0.29) is 22.5 Å². The van der Waals surface area contributed by atoms with Gasteiger partial charge < -0.3 is 10.1 Å². The summed E-state index contributed by atoms with van der Waals surface area (Å²) in [6.45, 7) is 3.72. The van der Waals surface area contributed by atoms with E-state index in [1.165, 1.54) is 13.2 Å². The van der Waals surface area contributed by atoms with E-state index in [1.807, 2.05) is 6.92 Å². The number of nitrogens with one attached hydrogen (secondary N) is 1. The molecule has 3 N–H and O–H groups in total. The average molecular weight is 298 g/mol. The molecule has 2 atom stereocenters. The maximum Gasteiger partial charge on any atom is 0.241 e. The second kappa shape index (κ2) is 5.06. The Labute approximate surface area is 118 Å². The molecule has 1 aromatic rings. The van der Waals surface area contributed by atoms with Crippen LogP contribution in [0.2, 0.25) is 0 Å². The average Bonchev–Trinajstić information content (AvgIpc) is 3.04. The maximum absolute atomic E-state index is 12.0. The summed E-state index contributed by atoms with van der Waals surface area (Å²) in [5.41, 5.74) is 1.01. The lowest BCUT2D eigenvalue weighted by Crippen LogP contribution is -2.18. The minimum atomic E-state index is -3.92. The van der Waals surface area contributed by atoms with Crippen molar-refractivity contribution in [2.24, 2.45) is 17.0 Å². The molecule has 0 aliphatic heterocycles. The predicted octanol–water partition coefficient (Wildman–Crippen LogP) is 1.25. The van der Waals surface area contributed by atoms with E-state index in [2.05, 4.69) is 5.32 Å².